The van der Waals surface area contributed by atoms with E-state index in [0.29, 0.717) is 22.6 Å². The Balaban J connectivity index is 1.95. The molecule has 0 aliphatic heterocycles. The first kappa shape index (κ1) is 31.0. The van der Waals surface area contributed by atoms with Crippen molar-refractivity contribution in [3.63, 3.8) is 0 Å². The van der Waals surface area contributed by atoms with Gasteiger partial charge in [-0.15, -0.1) is 0 Å². The van der Waals surface area contributed by atoms with Crippen LogP contribution >= 0.6 is 0 Å². The van der Waals surface area contributed by atoms with Crippen molar-refractivity contribution in [2.75, 3.05) is 19.5 Å². The molecule has 3 aromatic rings. The number of hydrogen-bond acceptors (Lipinski definition) is 6. The summed E-state index contributed by atoms with van der Waals surface area (Å²) in [4.78, 5) is 41.8. The third kappa shape index (κ3) is 8.99. The van der Waals surface area contributed by atoms with Crippen LogP contribution in [0.15, 0.2) is 72.8 Å². The van der Waals surface area contributed by atoms with Crippen molar-refractivity contribution in [1.29, 1.82) is 0 Å². The lowest BCUT2D eigenvalue weighted by Gasteiger charge is -2.32. The Kier molecular flexibility index (Phi) is 10.4. The molecule has 0 aliphatic rings. The van der Waals surface area contributed by atoms with Crippen LogP contribution in [0.5, 0.6) is 11.5 Å². The van der Waals surface area contributed by atoms with Crippen molar-refractivity contribution in [3.05, 3.63) is 89.5 Å². The van der Waals surface area contributed by atoms with Gasteiger partial charge in [0.15, 0.2) is 0 Å². The Morgan fingerprint density at radius 2 is 1.49 bits per heavy atom. The molecule has 0 saturated carbocycles. The van der Waals surface area contributed by atoms with Gasteiger partial charge in [-0.3, -0.25) is 9.59 Å². The second kappa shape index (κ2) is 13.7. The highest BCUT2D eigenvalue weighted by Gasteiger charge is 2.34. The van der Waals surface area contributed by atoms with E-state index in [1.165, 1.54) is 24.1 Å². The lowest BCUT2D eigenvalue weighted by Crippen LogP contribution is -2.52. The second-order valence-corrected chi connectivity index (χ2v) is 10.7. The van der Waals surface area contributed by atoms with Crippen molar-refractivity contribution >= 4 is 23.6 Å². The number of carbonyl (C=O) groups excluding carboxylic acids is 3. The van der Waals surface area contributed by atoms with Gasteiger partial charge in [0.1, 0.15) is 29.2 Å². The first-order valence-corrected chi connectivity index (χ1v) is 13.5. The molecule has 3 aromatic carbocycles. The molecule has 2 atom stereocenters. The smallest absolute Gasteiger partial charge is 0.408 e. The molecule has 0 fully saturated rings. The average Bonchev–Trinajstić information content (AvgIpc) is 2.93. The molecule has 9 heteroatoms. The van der Waals surface area contributed by atoms with E-state index in [1.807, 2.05) is 31.2 Å². The molecule has 9 nitrogen and oxygen atoms in total. The number of nitrogens with one attached hydrogen (secondary N) is 2. The molecule has 0 aliphatic carbocycles. The SMILES string of the molecule is CCc1ccc(C(C(=O)Nc2ccc(OC)cc2)N(C)C(=O)C(Cc2ccc(O)cc2)NC(=O)OC(C)(C)C)cc1. The standard InChI is InChI=1S/C32H39N3O6/c1-7-21-8-12-23(13-9-21)28(29(37)33-24-14-18-26(40-6)19-15-24)35(5)30(38)27(34-31(39)41-32(2,3)4)20-22-10-16-25(36)17-11-22/h8-19,27-28,36H,7,20H2,1-6H3,(H,33,37)(H,34,39). The topological polar surface area (TPSA) is 117 Å². The van der Waals surface area contributed by atoms with Gasteiger partial charge in [-0.05, 0) is 80.3 Å². The summed E-state index contributed by atoms with van der Waals surface area (Å²) in [5, 5.41) is 15.3. The van der Waals surface area contributed by atoms with E-state index in [0.717, 1.165) is 12.0 Å². The minimum atomic E-state index is -1.05. The van der Waals surface area contributed by atoms with Crippen LogP contribution in [0.25, 0.3) is 0 Å². The number of likely N-dealkylation sites (N-methyl/N-ethyl adjacent to an activating group) is 1. The van der Waals surface area contributed by atoms with Gasteiger partial charge in [0, 0.05) is 19.2 Å². The van der Waals surface area contributed by atoms with Crippen molar-refractivity contribution in [2.45, 2.75) is 58.2 Å². The van der Waals surface area contributed by atoms with E-state index in [2.05, 4.69) is 10.6 Å². The minimum Gasteiger partial charge on any atom is -0.508 e. The first-order valence-electron chi connectivity index (χ1n) is 13.5. The summed E-state index contributed by atoms with van der Waals surface area (Å²) in [6.45, 7) is 7.23. The maximum atomic E-state index is 14.0. The molecule has 0 aromatic heterocycles. The van der Waals surface area contributed by atoms with Crippen molar-refractivity contribution in [2.24, 2.45) is 0 Å². The summed E-state index contributed by atoms with van der Waals surface area (Å²) < 4.78 is 10.6. The van der Waals surface area contributed by atoms with Crippen LogP contribution in [0.1, 0.15) is 50.4 Å². The van der Waals surface area contributed by atoms with Gasteiger partial charge in [0.2, 0.25) is 5.91 Å². The van der Waals surface area contributed by atoms with Crippen LogP contribution < -0.4 is 15.4 Å². The Hall–Kier alpha value is -4.53. The van der Waals surface area contributed by atoms with E-state index in [-0.39, 0.29) is 12.2 Å². The number of methoxy groups -OCH3 is 1. The van der Waals surface area contributed by atoms with E-state index in [1.54, 1.807) is 64.3 Å². The van der Waals surface area contributed by atoms with Crippen molar-refractivity contribution in [1.82, 2.24) is 10.2 Å². The monoisotopic (exact) mass is 561 g/mol. The maximum absolute atomic E-state index is 14.0. The number of aromatic hydroxyl groups is 1. The fourth-order valence-corrected chi connectivity index (χ4v) is 4.26. The number of anilines is 1. The quantitative estimate of drug-likeness (QED) is 0.312. The van der Waals surface area contributed by atoms with Crippen LogP contribution in [0.3, 0.4) is 0 Å². The van der Waals surface area contributed by atoms with E-state index in [9.17, 15) is 19.5 Å². The fourth-order valence-electron chi connectivity index (χ4n) is 4.26. The van der Waals surface area contributed by atoms with E-state index >= 15 is 0 Å². The van der Waals surface area contributed by atoms with Gasteiger partial charge in [-0.1, -0.05) is 43.3 Å². The summed E-state index contributed by atoms with van der Waals surface area (Å²) in [7, 11) is 3.10. The number of ether oxygens (including phenoxy) is 2. The lowest BCUT2D eigenvalue weighted by atomic mass is 9.99. The Morgan fingerprint density at radius 1 is 0.902 bits per heavy atom. The molecule has 0 spiro atoms. The molecule has 3 amide bonds. The van der Waals surface area contributed by atoms with Crippen LogP contribution in [-0.2, 0) is 27.2 Å². The number of amides is 3. The maximum Gasteiger partial charge on any atom is 0.408 e. The van der Waals surface area contributed by atoms with Crippen molar-refractivity contribution in [3.8, 4) is 11.5 Å². The zero-order chi connectivity index (χ0) is 30.2. The average molecular weight is 562 g/mol. The summed E-state index contributed by atoms with van der Waals surface area (Å²) in [6.07, 6.45) is 0.186. The molecule has 41 heavy (non-hydrogen) atoms. The molecule has 0 saturated heterocycles. The summed E-state index contributed by atoms with van der Waals surface area (Å²) in [6, 6.07) is 18.7. The zero-order valence-electron chi connectivity index (χ0n) is 24.4. The second-order valence-electron chi connectivity index (χ2n) is 10.7. The number of phenolic OH excluding ortho intramolecular Hbond substituents is 1. The Bertz CT molecular complexity index is 1320. The largest absolute Gasteiger partial charge is 0.508 e. The highest BCUT2D eigenvalue weighted by atomic mass is 16.6. The number of carbonyl (C=O) groups is 3. The third-order valence-electron chi connectivity index (χ3n) is 6.41. The number of hydrogen-bond donors (Lipinski definition) is 3. The van der Waals surface area contributed by atoms with Gasteiger partial charge < -0.3 is 30.1 Å². The highest BCUT2D eigenvalue weighted by Crippen LogP contribution is 2.25. The zero-order valence-corrected chi connectivity index (χ0v) is 24.4. The number of phenols is 1. The third-order valence-corrected chi connectivity index (χ3v) is 6.41. The Morgan fingerprint density at radius 3 is 2.02 bits per heavy atom. The number of alkyl carbamates (subject to hydrolysis) is 1. The molecular formula is C32H39N3O6. The fraction of sp³-hybridized carbons (Fsp3) is 0.344. The molecule has 0 bridgehead atoms. The molecule has 218 valence electrons. The predicted molar refractivity (Wildman–Crippen MR) is 158 cm³/mol. The van der Waals surface area contributed by atoms with Crippen LogP contribution in [0.2, 0.25) is 0 Å². The van der Waals surface area contributed by atoms with E-state index in [4.69, 9.17) is 9.47 Å². The van der Waals surface area contributed by atoms with E-state index < -0.39 is 35.6 Å². The van der Waals surface area contributed by atoms with Gasteiger partial charge in [-0.2, -0.15) is 0 Å². The summed E-state index contributed by atoms with van der Waals surface area (Å²) in [5.41, 5.74) is 2.18. The lowest BCUT2D eigenvalue weighted by molar-refractivity contribution is -0.139. The molecule has 2 unspecified atom stereocenters. The molecular weight excluding hydrogens is 522 g/mol. The number of nitrogens with zero attached hydrogens (tertiary/aromatic N) is 1. The van der Waals surface area contributed by atoms with Crippen LogP contribution in [0.4, 0.5) is 10.5 Å². The van der Waals surface area contributed by atoms with Gasteiger partial charge in [0.05, 0.1) is 7.11 Å². The number of rotatable bonds is 10. The predicted octanol–water partition coefficient (Wildman–Crippen LogP) is 5.24. The van der Waals surface area contributed by atoms with Crippen molar-refractivity contribution < 1.29 is 29.0 Å². The highest BCUT2D eigenvalue weighted by molar-refractivity contribution is 5.99. The minimum absolute atomic E-state index is 0.0830. The number of benzene rings is 3. The van der Waals surface area contributed by atoms with Gasteiger partial charge >= 0.3 is 6.09 Å². The summed E-state index contributed by atoms with van der Waals surface area (Å²) >= 11 is 0. The molecule has 0 heterocycles. The van der Waals surface area contributed by atoms with Crippen LogP contribution in [0, 0.1) is 0 Å². The molecule has 0 radical (unpaired) electrons. The Labute approximate surface area is 241 Å². The molecule has 3 rings (SSSR count). The number of aryl methyl sites for hydroxylation is 1. The van der Waals surface area contributed by atoms with Gasteiger partial charge in [-0.25, -0.2) is 4.79 Å². The normalized spacial score (nSPS) is 12.5. The molecule has 3 N–H and O–H groups in total. The van der Waals surface area contributed by atoms with Gasteiger partial charge in [0.25, 0.3) is 5.91 Å². The summed E-state index contributed by atoms with van der Waals surface area (Å²) in [5.74, 6) is -0.179. The van der Waals surface area contributed by atoms with Crippen LogP contribution in [-0.4, -0.2) is 53.7 Å². The first-order chi connectivity index (χ1) is 19.4.